The predicted octanol–water partition coefficient (Wildman–Crippen LogP) is 3.08. The van der Waals surface area contributed by atoms with Crippen LogP contribution in [-0.2, 0) is 6.54 Å². The molecule has 0 amide bonds. The van der Waals surface area contributed by atoms with Crippen LogP contribution < -0.4 is 14.8 Å². The van der Waals surface area contributed by atoms with Crippen molar-refractivity contribution in [2.24, 2.45) is 0 Å². The van der Waals surface area contributed by atoms with Gasteiger partial charge in [-0.1, -0.05) is 0 Å². The van der Waals surface area contributed by atoms with Gasteiger partial charge in [0.25, 0.3) is 0 Å². The van der Waals surface area contributed by atoms with Crippen molar-refractivity contribution in [3.8, 4) is 11.5 Å². The number of aromatic carboxylic acids is 1. The molecule has 20 heavy (non-hydrogen) atoms. The first-order valence-corrected chi connectivity index (χ1v) is 6.73. The number of thiophene rings is 1. The number of carboxylic acids is 1. The Kier molecular flexibility index (Phi) is 4.47. The Morgan fingerprint density at radius 1 is 1.20 bits per heavy atom. The van der Waals surface area contributed by atoms with Crippen LogP contribution in [0, 0.1) is 0 Å². The maximum absolute atomic E-state index is 10.8. The Hall–Kier alpha value is -2.21. The molecule has 2 N–H and O–H groups in total. The maximum Gasteiger partial charge on any atom is 0.345 e. The molecule has 0 aliphatic rings. The van der Waals surface area contributed by atoms with E-state index in [9.17, 15) is 4.79 Å². The van der Waals surface area contributed by atoms with Crippen LogP contribution in [-0.4, -0.2) is 25.3 Å². The van der Waals surface area contributed by atoms with Crippen LogP contribution in [0.15, 0.2) is 30.3 Å². The molecule has 0 fully saturated rings. The van der Waals surface area contributed by atoms with Crippen LogP contribution in [0.1, 0.15) is 14.5 Å². The van der Waals surface area contributed by atoms with Crippen LogP contribution in [0.3, 0.4) is 0 Å². The largest absolute Gasteiger partial charge is 0.493 e. The van der Waals surface area contributed by atoms with E-state index in [0.29, 0.717) is 22.9 Å². The van der Waals surface area contributed by atoms with Gasteiger partial charge in [-0.25, -0.2) is 4.79 Å². The highest BCUT2D eigenvalue weighted by Gasteiger charge is 2.08. The summed E-state index contributed by atoms with van der Waals surface area (Å²) in [4.78, 5) is 12.1. The molecule has 2 rings (SSSR count). The zero-order valence-electron chi connectivity index (χ0n) is 11.2. The number of carboxylic acid groups (broad SMARTS) is 1. The smallest absolute Gasteiger partial charge is 0.345 e. The third-order valence-corrected chi connectivity index (χ3v) is 3.80. The van der Waals surface area contributed by atoms with Gasteiger partial charge in [-0.2, -0.15) is 0 Å². The van der Waals surface area contributed by atoms with Crippen LogP contribution in [0.4, 0.5) is 5.69 Å². The van der Waals surface area contributed by atoms with E-state index in [-0.39, 0.29) is 0 Å². The first-order valence-electron chi connectivity index (χ1n) is 5.92. The van der Waals surface area contributed by atoms with Crippen molar-refractivity contribution in [2.75, 3.05) is 19.5 Å². The minimum Gasteiger partial charge on any atom is -0.493 e. The summed E-state index contributed by atoms with van der Waals surface area (Å²) in [7, 11) is 3.17. The Bertz CT molecular complexity index is 609. The summed E-state index contributed by atoms with van der Waals surface area (Å²) in [6.45, 7) is 0.563. The van der Waals surface area contributed by atoms with E-state index < -0.39 is 5.97 Å². The van der Waals surface area contributed by atoms with Gasteiger partial charge in [0.05, 0.1) is 14.2 Å². The number of anilines is 1. The van der Waals surface area contributed by atoms with E-state index in [1.165, 1.54) is 11.3 Å². The van der Waals surface area contributed by atoms with Crippen molar-refractivity contribution in [2.45, 2.75) is 6.54 Å². The lowest BCUT2D eigenvalue weighted by atomic mass is 10.2. The fourth-order valence-corrected chi connectivity index (χ4v) is 2.51. The van der Waals surface area contributed by atoms with E-state index in [1.807, 2.05) is 24.3 Å². The average Bonchev–Trinajstić information content (AvgIpc) is 2.94. The van der Waals surface area contributed by atoms with Crippen molar-refractivity contribution in [3.63, 3.8) is 0 Å². The lowest BCUT2D eigenvalue weighted by Crippen LogP contribution is -1.98. The lowest BCUT2D eigenvalue weighted by Gasteiger charge is -2.10. The molecule has 1 heterocycles. The van der Waals surface area contributed by atoms with Gasteiger partial charge in [-0.15, -0.1) is 11.3 Å². The normalized spacial score (nSPS) is 10.1. The Labute approximate surface area is 120 Å². The van der Waals surface area contributed by atoms with Crippen LogP contribution in [0.2, 0.25) is 0 Å². The number of methoxy groups -OCH3 is 2. The van der Waals surface area contributed by atoms with E-state index in [2.05, 4.69) is 5.32 Å². The number of ether oxygens (including phenoxy) is 2. The minimum absolute atomic E-state index is 0.342. The molecular weight excluding hydrogens is 278 g/mol. The number of nitrogens with one attached hydrogen (secondary N) is 1. The highest BCUT2D eigenvalue weighted by molar-refractivity contribution is 7.13. The molecule has 0 aliphatic carbocycles. The van der Waals surface area contributed by atoms with Gasteiger partial charge < -0.3 is 19.9 Å². The van der Waals surface area contributed by atoms with Gasteiger partial charge in [0.1, 0.15) is 4.88 Å². The van der Waals surface area contributed by atoms with Crippen LogP contribution in [0.25, 0.3) is 0 Å². The summed E-state index contributed by atoms with van der Waals surface area (Å²) < 4.78 is 10.4. The van der Waals surface area contributed by atoms with Gasteiger partial charge in [0.15, 0.2) is 11.5 Å². The van der Waals surface area contributed by atoms with Gasteiger partial charge in [-0.3, -0.25) is 0 Å². The molecule has 0 spiro atoms. The van der Waals surface area contributed by atoms with Crippen LogP contribution in [0.5, 0.6) is 11.5 Å². The van der Waals surface area contributed by atoms with Crippen LogP contribution >= 0.6 is 11.3 Å². The molecule has 0 bridgehead atoms. The molecule has 106 valence electrons. The third kappa shape index (κ3) is 3.21. The van der Waals surface area contributed by atoms with Gasteiger partial charge >= 0.3 is 5.97 Å². The average molecular weight is 293 g/mol. The van der Waals surface area contributed by atoms with Gasteiger partial charge in [-0.05, 0) is 24.3 Å². The highest BCUT2D eigenvalue weighted by Crippen LogP contribution is 2.30. The summed E-state index contributed by atoms with van der Waals surface area (Å²) in [5, 5.41) is 12.1. The van der Waals surface area contributed by atoms with E-state index in [4.69, 9.17) is 14.6 Å². The topological polar surface area (TPSA) is 67.8 Å². The van der Waals surface area contributed by atoms with Crippen molar-refractivity contribution in [1.82, 2.24) is 0 Å². The molecule has 0 saturated heterocycles. The first-order chi connectivity index (χ1) is 9.63. The summed E-state index contributed by atoms with van der Waals surface area (Å²) in [5.74, 6) is 0.421. The monoisotopic (exact) mass is 293 g/mol. The highest BCUT2D eigenvalue weighted by atomic mass is 32.1. The molecular formula is C14H15NO4S. The number of benzene rings is 1. The van der Waals surface area contributed by atoms with Crippen molar-refractivity contribution < 1.29 is 19.4 Å². The second-order valence-electron chi connectivity index (χ2n) is 3.99. The predicted molar refractivity (Wildman–Crippen MR) is 78.2 cm³/mol. The molecule has 0 unspecified atom stereocenters. The second-order valence-corrected chi connectivity index (χ2v) is 5.16. The Morgan fingerprint density at radius 2 is 1.95 bits per heavy atom. The molecule has 0 atom stereocenters. The minimum atomic E-state index is -0.896. The quantitative estimate of drug-likeness (QED) is 0.856. The molecule has 0 radical (unpaired) electrons. The molecule has 6 heteroatoms. The van der Waals surface area contributed by atoms with Crippen molar-refractivity contribution in [1.29, 1.82) is 0 Å². The second kappa shape index (κ2) is 6.29. The Morgan fingerprint density at radius 3 is 2.55 bits per heavy atom. The molecule has 0 saturated carbocycles. The number of hydrogen-bond acceptors (Lipinski definition) is 5. The molecule has 2 aromatic rings. The number of carbonyl (C=O) groups is 1. The standard InChI is InChI=1S/C14H15NO4S/c1-18-11-5-3-9(7-12(11)19-2)15-8-10-4-6-13(20-10)14(16)17/h3-7,15H,8H2,1-2H3,(H,16,17). The van der Waals surface area contributed by atoms with Gasteiger partial charge in [0.2, 0.25) is 0 Å². The van der Waals surface area contributed by atoms with Gasteiger partial charge in [0, 0.05) is 23.2 Å². The Balaban J connectivity index is 2.04. The molecule has 0 aliphatic heterocycles. The fraction of sp³-hybridized carbons (Fsp3) is 0.214. The molecule has 1 aromatic heterocycles. The fourth-order valence-electron chi connectivity index (χ4n) is 1.72. The maximum atomic E-state index is 10.8. The first kappa shape index (κ1) is 14.2. The van der Waals surface area contributed by atoms with E-state index >= 15 is 0 Å². The summed E-state index contributed by atoms with van der Waals surface area (Å²) in [6, 6.07) is 8.95. The van der Waals surface area contributed by atoms with E-state index in [1.54, 1.807) is 20.3 Å². The zero-order valence-corrected chi connectivity index (χ0v) is 12.0. The number of rotatable bonds is 6. The lowest BCUT2D eigenvalue weighted by molar-refractivity contribution is 0.0702. The summed E-state index contributed by atoms with van der Waals surface area (Å²) in [6.07, 6.45) is 0. The summed E-state index contributed by atoms with van der Waals surface area (Å²) >= 11 is 1.26. The summed E-state index contributed by atoms with van der Waals surface area (Å²) in [5.41, 5.74) is 0.882. The van der Waals surface area contributed by atoms with Crippen molar-refractivity contribution in [3.05, 3.63) is 40.1 Å². The SMILES string of the molecule is COc1ccc(NCc2ccc(C(=O)O)s2)cc1OC. The number of hydrogen-bond donors (Lipinski definition) is 2. The molecule has 5 nitrogen and oxygen atoms in total. The third-order valence-electron chi connectivity index (χ3n) is 2.72. The molecule has 1 aromatic carbocycles. The van der Waals surface area contributed by atoms with Crippen molar-refractivity contribution >= 4 is 23.0 Å². The zero-order chi connectivity index (χ0) is 14.5. The van der Waals surface area contributed by atoms with E-state index in [0.717, 1.165) is 10.6 Å².